The van der Waals surface area contributed by atoms with E-state index in [1.807, 2.05) is 24.3 Å². The molecule has 2 heterocycles. The van der Waals surface area contributed by atoms with Gasteiger partial charge < -0.3 is 19.9 Å². The lowest BCUT2D eigenvalue weighted by molar-refractivity contribution is 0.368. The molecule has 2 N–H and O–H groups in total. The van der Waals surface area contributed by atoms with Crippen LogP contribution in [0.4, 0.5) is 0 Å². The van der Waals surface area contributed by atoms with E-state index in [2.05, 4.69) is 39.6 Å². The van der Waals surface area contributed by atoms with Crippen LogP contribution in [0, 0.1) is 0 Å². The first-order chi connectivity index (χ1) is 12.2. The smallest absolute Gasteiger partial charge is 0.213 e. The number of nitrogens with zero attached hydrogens (tertiary/aromatic N) is 3. The number of ether oxygens (including phenoxy) is 1. The highest BCUT2D eigenvalue weighted by Crippen LogP contribution is 2.22. The monoisotopic (exact) mass is 473 g/mol. The minimum Gasteiger partial charge on any atom is -0.481 e. The molecule has 2 aromatic heterocycles. The van der Waals surface area contributed by atoms with Gasteiger partial charge in [-0.2, -0.15) is 0 Å². The topological polar surface area (TPSA) is 84.6 Å². The van der Waals surface area contributed by atoms with Gasteiger partial charge in [-0.25, -0.2) is 4.98 Å². The molecule has 2 rings (SSSR count). The molecular formula is C18H28IN5O2. The number of halogens is 1. The van der Waals surface area contributed by atoms with Crippen LogP contribution in [-0.2, 0) is 13.1 Å². The van der Waals surface area contributed by atoms with E-state index >= 15 is 0 Å². The van der Waals surface area contributed by atoms with Crippen molar-refractivity contribution in [3.8, 4) is 5.88 Å². The number of pyridine rings is 1. The van der Waals surface area contributed by atoms with Crippen molar-refractivity contribution in [2.45, 2.75) is 45.7 Å². The second-order valence-corrected chi connectivity index (χ2v) is 5.68. The molecule has 0 spiro atoms. The fourth-order valence-corrected chi connectivity index (χ4v) is 2.55. The second-order valence-electron chi connectivity index (χ2n) is 5.68. The summed E-state index contributed by atoms with van der Waals surface area (Å²) < 4.78 is 10.5. The molecule has 0 aromatic carbocycles. The quantitative estimate of drug-likeness (QED) is 0.347. The van der Waals surface area contributed by atoms with Gasteiger partial charge in [0.1, 0.15) is 0 Å². The molecule has 0 fully saturated rings. The first-order valence-corrected chi connectivity index (χ1v) is 8.60. The molecular weight excluding hydrogens is 445 g/mol. The zero-order valence-corrected chi connectivity index (χ0v) is 18.1. The van der Waals surface area contributed by atoms with E-state index in [4.69, 9.17) is 9.26 Å². The summed E-state index contributed by atoms with van der Waals surface area (Å²) >= 11 is 0. The largest absolute Gasteiger partial charge is 0.481 e. The molecule has 2 aromatic rings. The van der Waals surface area contributed by atoms with Gasteiger partial charge in [0.05, 0.1) is 31.6 Å². The van der Waals surface area contributed by atoms with Gasteiger partial charge in [0.2, 0.25) is 5.88 Å². The summed E-state index contributed by atoms with van der Waals surface area (Å²) in [6.45, 7) is 5.41. The molecule has 0 radical (unpaired) electrons. The van der Waals surface area contributed by atoms with Gasteiger partial charge in [0.15, 0.2) is 11.7 Å². The summed E-state index contributed by atoms with van der Waals surface area (Å²) in [5.41, 5.74) is 1.89. The Kier molecular flexibility index (Phi) is 10.0. The number of methoxy groups -OCH3 is 1. The Morgan fingerprint density at radius 1 is 1.23 bits per heavy atom. The number of guanidine groups is 1. The second kappa shape index (κ2) is 11.7. The first-order valence-electron chi connectivity index (χ1n) is 8.60. The predicted molar refractivity (Wildman–Crippen MR) is 113 cm³/mol. The Morgan fingerprint density at radius 3 is 2.62 bits per heavy atom. The van der Waals surface area contributed by atoms with E-state index in [-0.39, 0.29) is 24.0 Å². The number of aliphatic imine (C=N–C) groups is 1. The van der Waals surface area contributed by atoms with Crippen LogP contribution in [0.1, 0.15) is 49.8 Å². The molecule has 0 unspecified atom stereocenters. The zero-order valence-electron chi connectivity index (χ0n) is 15.8. The minimum absolute atomic E-state index is 0. The maximum absolute atomic E-state index is 5.41. The Hall–Kier alpha value is -1.84. The van der Waals surface area contributed by atoms with Crippen LogP contribution in [-0.4, -0.2) is 30.3 Å². The van der Waals surface area contributed by atoms with Crippen LogP contribution in [0.3, 0.4) is 0 Å². The van der Waals surface area contributed by atoms with Gasteiger partial charge in [0, 0.05) is 25.1 Å². The molecule has 7 nitrogen and oxygen atoms in total. The Labute approximate surface area is 172 Å². The van der Waals surface area contributed by atoms with Crippen molar-refractivity contribution in [3.05, 3.63) is 41.4 Å². The van der Waals surface area contributed by atoms with Crippen molar-refractivity contribution >= 4 is 29.9 Å². The van der Waals surface area contributed by atoms with Crippen LogP contribution < -0.4 is 15.4 Å². The van der Waals surface area contributed by atoms with E-state index in [0.29, 0.717) is 30.8 Å². The summed E-state index contributed by atoms with van der Waals surface area (Å²) in [7, 11) is 3.33. The van der Waals surface area contributed by atoms with Crippen LogP contribution in [0.15, 0.2) is 33.8 Å². The fraction of sp³-hybridized carbons (Fsp3) is 0.500. The summed E-state index contributed by atoms with van der Waals surface area (Å²) in [6.07, 6.45) is 2.12. The average Bonchev–Trinajstić information content (AvgIpc) is 3.12. The lowest BCUT2D eigenvalue weighted by atomic mass is 9.99. The van der Waals surface area contributed by atoms with Crippen molar-refractivity contribution in [2.75, 3.05) is 14.2 Å². The molecule has 0 aliphatic rings. The van der Waals surface area contributed by atoms with Crippen LogP contribution >= 0.6 is 24.0 Å². The highest BCUT2D eigenvalue weighted by atomic mass is 127. The van der Waals surface area contributed by atoms with Gasteiger partial charge >= 0.3 is 0 Å². The maximum Gasteiger partial charge on any atom is 0.213 e. The minimum atomic E-state index is 0. The van der Waals surface area contributed by atoms with Crippen LogP contribution in [0.5, 0.6) is 5.88 Å². The van der Waals surface area contributed by atoms with Gasteiger partial charge in [-0.15, -0.1) is 24.0 Å². The number of hydrogen-bond acceptors (Lipinski definition) is 5. The predicted octanol–water partition coefficient (Wildman–Crippen LogP) is 3.47. The first kappa shape index (κ1) is 22.2. The van der Waals surface area contributed by atoms with Gasteiger partial charge in [-0.05, 0) is 18.9 Å². The summed E-state index contributed by atoms with van der Waals surface area (Å²) in [5, 5.41) is 10.6. The van der Waals surface area contributed by atoms with E-state index in [9.17, 15) is 0 Å². The Morgan fingerprint density at radius 2 is 1.96 bits per heavy atom. The van der Waals surface area contributed by atoms with Gasteiger partial charge in [0.25, 0.3) is 0 Å². The number of nitrogens with one attached hydrogen (secondary N) is 2. The third kappa shape index (κ3) is 6.47. The van der Waals surface area contributed by atoms with Gasteiger partial charge in [-0.1, -0.05) is 25.1 Å². The highest BCUT2D eigenvalue weighted by molar-refractivity contribution is 14.0. The lowest BCUT2D eigenvalue weighted by Crippen LogP contribution is -2.36. The number of aromatic nitrogens is 2. The Balaban J connectivity index is 0.00000338. The van der Waals surface area contributed by atoms with Crippen molar-refractivity contribution in [3.63, 3.8) is 0 Å². The molecule has 8 heteroatoms. The maximum atomic E-state index is 5.41. The summed E-state index contributed by atoms with van der Waals surface area (Å²) in [4.78, 5) is 8.57. The van der Waals surface area contributed by atoms with Crippen molar-refractivity contribution in [1.82, 2.24) is 20.8 Å². The molecule has 0 aliphatic carbocycles. The molecule has 0 atom stereocenters. The molecule has 0 amide bonds. The van der Waals surface area contributed by atoms with Crippen molar-refractivity contribution in [2.24, 2.45) is 4.99 Å². The molecule has 26 heavy (non-hydrogen) atoms. The lowest BCUT2D eigenvalue weighted by Gasteiger charge is -2.10. The van der Waals surface area contributed by atoms with Crippen LogP contribution in [0.2, 0.25) is 0 Å². The molecule has 0 saturated carbocycles. The fourth-order valence-electron chi connectivity index (χ4n) is 2.55. The van der Waals surface area contributed by atoms with Gasteiger partial charge in [-0.3, -0.25) is 4.99 Å². The normalized spacial score (nSPS) is 11.2. The third-order valence-corrected chi connectivity index (χ3v) is 4.06. The number of hydrogen-bond donors (Lipinski definition) is 2. The SMILES string of the molecule is CCC(CC)c1cc(CNC(=NC)NCc2cccc(OC)n2)on1.I. The van der Waals surface area contributed by atoms with E-state index in [1.165, 1.54) is 0 Å². The van der Waals surface area contributed by atoms with Crippen molar-refractivity contribution < 1.29 is 9.26 Å². The summed E-state index contributed by atoms with van der Waals surface area (Å²) in [5.74, 6) is 2.52. The summed E-state index contributed by atoms with van der Waals surface area (Å²) in [6, 6.07) is 7.67. The molecule has 0 saturated heterocycles. The number of rotatable bonds is 8. The van der Waals surface area contributed by atoms with E-state index in [1.54, 1.807) is 14.2 Å². The Bertz CT molecular complexity index is 686. The molecule has 0 bridgehead atoms. The zero-order chi connectivity index (χ0) is 18.1. The molecule has 144 valence electrons. The van der Waals surface area contributed by atoms with E-state index < -0.39 is 0 Å². The molecule has 0 aliphatic heterocycles. The average molecular weight is 473 g/mol. The third-order valence-electron chi connectivity index (χ3n) is 4.06. The van der Waals surface area contributed by atoms with Crippen molar-refractivity contribution in [1.29, 1.82) is 0 Å². The standard InChI is InChI=1S/C18H27N5O2.HI/c1-5-13(6-2)16-10-15(25-23-16)12-21-18(19-3)20-11-14-8-7-9-17(22-14)24-4;/h7-10,13H,5-6,11-12H2,1-4H3,(H2,19,20,21);1H. The highest BCUT2D eigenvalue weighted by Gasteiger charge is 2.13. The van der Waals surface area contributed by atoms with E-state index in [0.717, 1.165) is 30.0 Å². The van der Waals surface area contributed by atoms with Crippen LogP contribution in [0.25, 0.3) is 0 Å².